The first-order chi connectivity index (χ1) is 6.74. The van der Waals surface area contributed by atoms with Gasteiger partial charge in [0, 0.05) is 19.6 Å². The molecule has 14 heavy (non-hydrogen) atoms. The van der Waals surface area contributed by atoms with Crippen LogP contribution in [0.2, 0.25) is 0 Å². The van der Waals surface area contributed by atoms with Gasteiger partial charge in [0.2, 0.25) is 11.8 Å². The van der Waals surface area contributed by atoms with E-state index in [0.717, 1.165) is 0 Å². The third kappa shape index (κ3) is 1.36. The molecule has 0 aliphatic carbocycles. The van der Waals surface area contributed by atoms with Gasteiger partial charge in [0.25, 0.3) is 0 Å². The average molecular weight is 199 g/mol. The van der Waals surface area contributed by atoms with Crippen molar-refractivity contribution in [1.82, 2.24) is 15.5 Å². The molecule has 0 radical (unpaired) electrons. The van der Waals surface area contributed by atoms with Crippen LogP contribution in [0, 0.1) is 0 Å². The molecule has 0 spiro atoms. The van der Waals surface area contributed by atoms with Crippen LogP contribution in [0.1, 0.15) is 0 Å². The van der Waals surface area contributed by atoms with E-state index < -0.39 is 12.1 Å². The number of hydrogen-bond acceptors (Lipinski definition) is 4. The van der Waals surface area contributed by atoms with Gasteiger partial charge in [0.05, 0.1) is 6.61 Å². The van der Waals surface area contributed by atoms with Gasteiger partial charge in [0.15, 0.2) is 0 Å². The van der Waals surface area contributed by atoms with E-state index in [4.69, 9.17) is 5.11 Å². The summed E-state index contributed by atoms with van der Waals surface area (Å²) in [5.74, 6) is -0.366. The van der Waals surface area contributed by atoms with E-state index in [0.29, 0.717) is 19.6 Å². The van der Waals surface area contributed by atoms with Gasteiger partial charge in [-0.1, -0.05) is 0 Å². The minimum Gasteiger partial charge on any atom is -0.394 e. The fourth-order valence-corrected chi connectivity index (χ4v) is 1.86. The summed E-state index contributed by atoms with van der Waals surface area (Å²) < 4.78 is 0. The monoisotopic (exact) mass is 199 g/mol. The highest BCUT2D eigenvalue weighted by Crippen LogP contribution is 2.11. The molecule has 2 amide bonds. The zero-order valence-electron chi connectivity index (χ0n) is 7.69. The lowest BCUT2D eigenvalue weighted by atomic mass is 10.1. The van der Waals surface area contributed by atoms with Crippen molar-refractivity contribution in [1.29, 1.82) is 0 Å². The van der Waals surface area contributed by atoms with E-state index >= 15 is 0 Å². The van der Waals surface area contributed by atoms with Crippen molar-refractivity contribution < 1.29 is 14.7 Å². The molecule has 78 valence electrons. The molecule has 3 N–H and O–H groups in total. The molecule has 2 atom stereocenters. The Morgan fingerprint density at radius 1 is 1.50 bits per heavy atom. The molecular weight excluding hydrogens is 186 g/mol. The number of amides is 2. The van der Waals surface area contributed by atoms with Crippen LogP contribution >= 0.6 is 0 Å². The van der Waals surface area contributed by atoms with Gasteiger partial charge < -0.3 is 20.6 Å². The number of aliphatic hydroxyl groups excluding tert-OH is 1. The SMILES string of the molecule is O=C1N[C@H](CO)C(=O)N2CCNC[C@H]12. The minimum absolute atomic E-state index is 0.182. The molecular formula is C8H13N3O3. The van der Waals surface area contributed by atoms with E-state index in [1.807, 2.05) is 0 Å². The van der Waals surface area contributed by atoms with Gasteiger partial charge >= 0.3 is 0 Å². The van der Waals surface area contributed by atoms with Crippen LogP contribution in [-0.2, 0) is 9.59 Å². The molecule has 2 aliphatic rings. The van der Waals surface area contributed by atoms with E-state index in [1.165, 1.54) is 4.90 Å². The normalized spacial score (nSPS) is 32.5. The lowest BCUT2D eigenvalue weighted by Crippen LogP contribution is -2.69. The van der Waals surface area contributed by atoms with Crippen LogP contribution in [0.5, 0.6) is 0 Å². The topological polar surface area (TPSA) is 81.7 Å². The van der Waals surface area contributed by atoms with Crippen molar-refractivity contribution in [2.75, 3.05) is 26.2 Å². The minimum atomic E-state index is -0.753. The smallest absolute Gasteiger partial charge is 0.248 e. The van der Waals surface area contributed by atoms with Gasteiger partial charge in [-0.15, -0.1) is 0 Å². The van der Waals surface area contributed by atoms with Crippen molar-refractivity contribution in [2.45, 2.75) is 12.1 Å². The molecule has 0 aromatic rings. The van der Waals surface area contributed by atoms with E-state index in [1.54, 1.807) is 0 Å². The Bertz CT molecular complexity index is 269. The molecule has 0 aromatic heterocycles. The van der Waals surface area contributed by atoms with Crippen molar-refractivity contribution in [3.8, 4) is 0 Å². The third-order valence-corrected chi connectivity index (χ3v) is 2.63. The van der Waals surface area contributed by atoms with E-state index in [-0.39, 0.29) is 18.4 Å². The number of nitrogens with zero attached hydrogens (tertiary/aromatic N) is 1. The van der Waals surface area contributed by atoms with Crippen molar-refractivity contribution in [3.05, 3.63) is 0 Å². The average Bonchev–Trinajstić information content (AvgIpc) is 2.23. The summed E-state index contributed by atoms with van der Waals surface area (Å²) in [7, 11) is 0. The summed E-state index contributed by atoms with van der Waals surface area (Å²) in [6, 6.07) is -1.16. The van der Waals surface area contributed by atoms with Gasteiger partial charge in [-0.3, -0.25) is 9.59 Å². The van der Waals surface area contributed by atoms with Crippen LogP contribution in [-0.4, -0.2) is 60.1 Å². The summed E-state index contributed by atoms with van der Waals surface area (Å²) >= 11 is 0. The highest BCUT2D eigenvalue weighted by molar-refractivity contribution is 5.97. The molecule has 2 saturated heterocycles. The molecule has 0 bridgehead atoms. The molecule has 2 aliphatic heterocycles. The Balaban J connectivity index is 2.17. The first-order valence-electron chi connectivity index (χ1n) is 4.66. The second-order valence-electron chi connectivity index (χ2n) is 3.50. The number of piperazine rings is 2. The lowest BCUT2D eigenvalue weighted by Gasteiger charge is -2.41. The Morgan fingerprint density at radius 3 is 3.00 bits per heavy atom. The van der Waals surface area contributed by atoms with Crippen LogP contribution in [0.15, 0.2) is 0 Å². The fourth-order valence-electron chi connectivity index (χ4n) is 1.86. The van der Waals surface area contributed by atoms with Crippen LogP contribution in [0.3, 0.4) is 0 Å². The maximum absolute atomic E-state index is 11.7. The second kappa shape index (κ2) is 3.55. The Hall–Kier alpha value is -1.14. The van der Waals surface area contributed by atoms with Gasteiger partial charge in [-0.2, -0.15) is 0 Å². The van der Waals surface area contributed by atoms with Crippen molar-refractivity contribution in [3.63, 3.8) is 0 Å². The van der Waals surface area contributed by atoms with Crippen LogP contribution < -0.4 is 10.6 Å². The van der Waals surface area contributed by atoms with Crippen molar-refractivity contribution in [2.24, 2.45) is 0 Å². The number of nitrogens with one attached hydrogen (secondary N) is 2. The van der Waals surface area contributed by atoms with E-state index in [2.05, 4.69) is 10.6 Å². The quantitative estimate of drug-likeness (QED) is 0.428. The zero-order valence-corrected chi connectivity index (χ0v) is 7.69. The molecule has 2 heterocycles. The van der Waals surface area contributed by atoms with Crippen LogP contribution in [0.25, 0.3) is 0 Å². The summed E-state index contributed by atoms with van der Waals surface area (Å²) in [5.41, 5.74) is 0. The Labute approximate surface area is 81.3 Å². The molecule has 2 fully saturated rings. The lowest BCUT2D eigenvalue weighted by molar-refractivity contribution is -0.151. The predicted octanol–water partition coefficient (Wildman–Crippen LogP) is -2.72. The first-order valence-corrected chi connectivity index (χ1v) is 4.66. The number of aliphatic hydroxyl groups is 1. The van der Waals surface area contributed by atoms with Gasteiger partial charge in [0.1, 0.15) is 12.1 Å². The first kappa shape index (κ1) is 9.42. The molecule has 6 nitrogen and oxygen atoms in total. The van der Waals surface area contributed by atoms with Crippen LogP contribution in [0.4, 0.5) is 0 Å². The Kier molecular flexibility index (Phi) is 2.39. The maximum atomic E-state index is 11.7. The third-order valence-electron chi connectivity index (χ3n) is 2.63. The molecule has 2 rings (SSSR count). The largest absolute Gasteiger partial charge is 0.394 e. The second-order valence-corrected chi connectivity index (χ2v) is 3.50. The highest BCUT2D eigenvalue weighted by atomic mass is 16.3. The summed E-state index contributed by atoms with van der Waals surface area (Å²) in [4.78, 5) is 24.7. The summed E-state index contributed by atoms with van der Waals surface area (Å²) in [6.07, 6.45) is 0. The van der Waals surface area contributed by atoms with Gasteiger partial charge in [-0.05, 0) is 0 Å². The number of carbonyl (C=O) groups excluding carboxylic acids is 2. The molecule has 0 aromatic carbocycles. The zero-order chi connectivity index (χ0) is 10.1. The standard InChI is InChI=1S/C8H13N3O3/c12-4-5-8(14)11-2-1-9-3-6(11)7(13)10-5/h5-6,9,12H,1-4H2,(H,10,13)/t5-,6-/m1/s1. The predicted molar refractivity (Wildman–Crippen MR) is 47.4 cm³/mol. The Morgan fingerprint density at radius 2 is 2.29 bits per heavy atom. The maximum Gasteiger partial charge on any atom is 0.248 e. The van der Waals surface area contributed by atoms with E-state index in [9.17, 15) is 9.59 Å². The van der Waals surface area contributed by atoms with Gasteiger partial charge in [-0.25, -0.2) is 0 Å². The summed E-state index contributed by atoms with van der Waals surface area (Å²) in [6.45, 7) is 1.40. The number of fused-ring (bicyclic) bond motifs is 1. The number of rotatable bonds is 1. The number of carbonyl (C=O) groups is 2. The number of hydrogen-bond donors (Lipinski definition) is 3. The highest BCUT2D eigenvalue weighted by Gasteiger charge is 2.41. The molecule has 0 unspecified atom stereocenters. The fraction of sp³-hybridized carbons (Fsp3) is 0.750. The molecule has 6 heteroatoms. The van der Waals surface area contributed by atoms with Crippen molar-refractivity contribution >= 4 is 11.8 Å². The summed E-state index contributed by atoms with van der Waals surface area (Å²) in [5, 5.41) is 14.4. The molecule has 0 saturated carbocycles.